The van der Waals surface area contributed by atoms with E-state index in [-0.39, 0.29) is 16.5 Å². The maximum absolute atomic E-state index is 12.6. The third-order valence-corrected chi connectivity index (χ3v) is 4.82. The van der Waals surface area contributed by atoms with E-state index in [1.807, 2.05) is 35.0 Å². The molecule has 1 aromatic carbocycles. The molecule has 1 saturated heterocycles. The van der Waals surface area contributed by atoms with Crippen LogP contribution in [0.4, 0.5) is 5.69 Å². The van der Waals surface area contributed by atoms with Gasteiger partial charge in [0.05, 0.1) is 17.6 Å². The molecule has 0 spiro atoms. The number of halogens is 1. The largest absolute Gasteiger partial charge is 0.365 e. The molecule has 0 atom stereocenters. The molecule has 1 aromatic heterocycles. The molecule has 1 fully saturated rings. The van der Waals surface area contributed by atoms with Crippen LogP contribution in [0.1, 0.15) is 6.42 Å². The van der Waals surface area contributed by atoms with Crippen LogP contribution in [0.15, 0.2) is 41.3 Å². The molecule has 0 bridgehead atoms. The molecule has 1 N–H and O–H groups in total. The van der Waals surface area contributed by atoms with Crippen molar-refractivity contribution in [3.05, 3.63) is 51.9 Å². The number of nitrogens with one attached hydrogen (secondary N) is 1. The smallest absolute Gasteiger partial charge is 0.292 e. The molecule has 1 aliphatic rings. The van der Waals surface area contributed by atoms with Crippen LogP contribution < -0.4 is 15.8 Å². The summed E-state index contributed by atoms with van der Waals surface area (Å²) in [7, 11) is 1.83. The van der Waals surface area contributed by atoms with Crippen LogP contribution in [0.3, 0.4) is 0 Å². The molecule has 0 saturated carbocycles. The van der Waals surface area contributed by atoms with Crippen molar-refractivity contribution in [2.24, 2.45) is 0 Å². The molecule has 0 radical (unpaired) electrons. The summed E-state index contributed by atoms with van der Waals surface area (Å²) in [6.07, 6.45) is 2.11. The first-order valence-corrected chi connectivity index (χ1v) is 9.00. The molecule has 138 valence electrons. The minimum atomic E-state index is -0.345. The molecule has 2 aromatic rings. The molecule has 26 heavy (non-hydrogen) atoms. The topological polar surface area (TPSA) is 70.5 Å². The Morgan fingerprint density at radius 1 is 1.19 bits per heavy atom. The van der Waals surface area contributed by atoms with Gasteiger partial charge in [-0.05, 0) is 19.2 Å². The van der Waals surface area contributed by atoms with E-state index in [4.69, 9.17) is 11.6 Å². The number of aromatic nitrogens is 2. The normalized spacial score (nSPS) is 14.5. The first-order chi connectivity index (χ1) is 12.6. The van der Waals surface area contributed by atoms with E-state index >= 15 is 0 Å². The summed E-state index contributed by atoms with van der Waals surface area (Å²) in [6, 6.07) is 9.17. The fraction of sp³-hybridized carbons (Fsp3) is 0.389. The predicted octanol–water partition coefficient (Wildman–Crippen LogP) is 1.14. The number of hydrogen-bond donors (Lipinski definition) is 1. The highest BCUT2D eigenvalue weighted by atomic mass is 35.5. The third kappa shape index (κ3) is 3.89. The lowest BCUT2D eigenvalue weighted by Crippen LogP contribution is -2.49. The average molecular weight is 376 g/mol. The van der Waals surface area contributed by atoms with Crippen LogP contribution >= 0.6 is 11.6 Å². The fourth-order valence-electron chi connectivity index (χ4n) is 2.98. The first kappa shape index (κ1) is 18.4. The number of carbonyl (C=O) groups excluding carboxylic acids is 1. The van der Waals surface area contributed by atoms with Crippen molar-refractivity contribution in [3.63, 3.8) is 0 Å². The highest BCUT2D eigenvalue weighted by Gasteiger charge is 2.23. The van der Waals surface area contributed by atoms with Crippen LogP contribution in [-0.4, -0.2) is 60.4 Å². The minimum absolute atomic E-state index is 0.141. The number of anilines is 1. The number of rotatable bonds is 5. The van der Waals surface area contributed by atoms with Crippen molar-refractivity contribution in [2.75, 3.05) is 44.7 Å². The zero-order valence-electron chi connectivity index (χ0n) is 14.7. The summed E-state index contributed by atoms with van der Waals surface area (Å²) in [5.41, 5.74) is 0.944. The van der Waals surface area contributed by atoms with E-state index in [2.05, 4.69) is 10.4 Å². The summed E-state index contributed by atoms with van der Waals surface area (Å²) in [4.78, 5) is 28.5. The maximum Gasteiger partial charge on any atom is 0.292 e. The standard InChI is InChI=1S/C18H22ClN5O2/c1-20-8-7-16(25)23-11-9-22(10-12-23)15-13-21-24(18(26)17(15)19)14-5-3-2-4-6-14/h2-6,13,20H,7-12H2,1H3. The Hall–Kier alpha value is -2.38. The molecule has 3 rings (SSSR count). The molecular formula is C18H22ClN5O2. The summed E-state index contributed by atoms with van der Waals surface area (Å²) < 4.78 is 1.29. The van der Waals surface area contributed by atoms with Crippen molar-refractivity contribution < 1.29 is 4.79 Å². The maximum atomic E-state index is 12.6. The second kappa shape index (κ2) is 8.33. The lowest BCUT2D eigenvalue weighted by molar-refractivity contribution is -0.131. The SMILES string of the molecule is CNCCC(=O)N1CCN(c2cnn(-c3ccccc3)c(=O)c2Cl)CC1. The highest BCUT2D eigenvalue weighted by molar-refractivity contribution is 6.33. The summed E-state index contributed by atoms with van der Waals surface area (Å²) in [6.45, 7) is 3.15. The number of nitrogens with zero attached hydrogens (tertiary/aromatic N) is 4. The zero-order chi connectivity index (χ0) is 18.5. The number of benzene rings is 1. The summed E-state index contributed by atoms with van der Waals surface area (Å²) in [5, 5.41) is 7.40. The van der Waals surface area contributed by atoms with Gasteiger partial charge in [-0.2, -0.15) is 9.78 Å². The van der Waals surface area contributed by atoms with E-state index in [0.717, 1.165) is 0 Å². The van der Waals surface area contributed by atoms with Gasteiger partial charge in [0.1, 0.15) is 5.02 Å². The van der Waals surface area contributed by atoms with Gasteiger partial charge in [-0.15, -0.1) is 0 Å². The van der Waals surface area contributed by atoms with Crippen LogP contribution in [0.25, 0.3) is 5.69 Å². The van der Waals surface area contributed by atoms with E-state index in [1.54, 1.807) is 18.3 Å². The van der Waals surface area contributed by atoms with E-state index < -0.39 is 0 Å². The van der Waals surface area contributed by atoms with Gasteiger partial charge in [-0.1, -0.05) is 29.8 Å². The average Bonchev–Trinajstić information content (AvgIpc) is 2.69. The Bertz CT molecular complexity index is 816. The number of piperazine rings is 1. The molecular weight excluding hydrogens is 354 g/mol. The van der Waals surface area contributed by atoms with Crippen molar-refractivity contribution in [1.29, 1.82) is 0 Å². The summed E-state index contributed by atoms with van der Waals surface area (Å²) in [5.74, 6) is 0.141. The molecule has 0 unspecified atom stereocenters. The van der Waals surface area contributed by atoms with E-state index in [1.165, 1.54) is 4.68 Å². The molecule has 2 heterocycles. The lowest BCUT2D eigenvalue weighted by atomic mass is 10.2. The Morgan fingerprint density at radius 3 is 2.54 bits per heavy atom. The third-order valence-electron chi connectivity index (χ3n) is 4.46. The van der Waals surface area contributed by atoms with Crippen LogP contribution in [0, 0.1) is 0 Å². The van der Waals surface area contributed by atoms with Gasteiger partial charge in [-0.3, -0.25) is 9.59 Å². The van der Waals surface area contributed by atoms with E-state index in [9.17, 15) is 9.59 Å². The van der Waals surface area contributed by atoms with Gasteiger partial charge in [0.25, 0.3) is 5.56 Å². The van der Waals surface area contributed by atoms with Crippen LogP contribution in [0.2, 0.25) is 5.02 Å². The molecule has 1 amide bonds. The molecule has 8 heteroatoms. The second-order valence-corrected chi connectivity index (χ2v) is 6.50. The Kier molecular flexibility index (Phi) is 5.90. The monoisotopic (exact) mass is 375 g/mol. The quantitative estimate of drug-likeness (QED) is 0.848. The Labute approximate surface area is 157 Å². The van der Waals surface area contributed by atoms with E-state index in [0.29, 0.717) is 50.5 Å². The van der Waals surface area contributed by atoms with Gasteiger partial charge in [0.2, 0.25) is 5.91 Å². The lowest BCUT2D eigenvalue weighted by Gasteiger charge is -2.36. The minimum Gasteiger partial charge on any atom is -0.365 e. The van der Waals surface area contributed by atoms with Gasteiger partial charge >= 0.3 is 0 Å². The summed E-state index contributed by atoms with van der Waals surface area (Å²) >= 11 is 6.35. The van der Waals surface area contributed by atoms with Crippen molar-refractivity contribution in [1.82, 2.24) is 20.0 Å². The van der Waals surface area contributed by atoms with Gasteiger partial charge in [-0.25, -0.2) is 0 Å². The Morgan fingerprint density at radius 2 is 1.88 bits per heavy atom. The first-order valence-electron chi connectivity index (χ1n) is 8.62. The molecule has 7 nitrogen and oxygen atoms in total. The van der Waals surface area contributed by atoms with Crippen molar-refractivity contribution >= 4 is 23.2 Å². The van der Waals surface area contributed by atoms with Crippen molar-refractivity contribution in [2.45, 2.75) is 6.42 Å². The molecule has 0 aliphatic carbocycles. The van der Waals surface area contributed by atoms with Gasteiger partial charge in [0.15, 0.2) is 0 Å². The number of para-hydroxylation sites is 1. The van der Waals surface area contributed by atoms with Gasteiger partial charge < -0.3 is 15.1 Å². The van der Waals surface area contributed by atoms with Crippen LogP contribution in [-0.2, 0) is 4.79 Å². The van der Waals surface area contributed by atoms with Crippen LogP contribution in [0.5, 0.6) is 0 Å². The van der Waals surface area contributed by atoms with Crippen molar-refractivity contribution in [3.8, 4) is 5.69 Å². The number of hydrogen-bond acceptors (Lipinski definition) is 5. The fourth-order valence-corrected chi connectivity index (χ4v) is 3.23. The predicted molar refractivity (Wildman–Crippen MR) is 102 cm³/mol. The highest BCUT2D eigenvalue weighted by Crippen LogP contribution is 2.23. The van der Waals surface area contributed by atoms with Gasteiger partial charge in [0, 0.05) is 39.1 Å². The molecule has 1 aliphatic heterocycles. The Balaban J connectivity index is 1.72. The zero-order valence-corrected chi connectivity index (χ0v) is 15.4. The number of amides is 1. The second-order valence-electron chi connectivity index (χ2n) is 6.12. The number of carbonyl (C=O) groups is 1.